The Hall–Kier alpha value is -0.400. The molecule has 0 amide bonds. The zero-order chi connectivity index (χ0) is 14.0. The second kappa shape index (κ2) is 6.37. The fourth-order valence-electron chi connectivity index (χ4n) is 3.09. The molecule has 1 N–H and O–H groups in total. The lowest BCUT2D eigenvalue weighted by atomic mass is 9.78. The predicted molar refractivity (Wildman–Crippen MR) is 85.4 cm³/mol. The van der Waals surface area contributed by atoms with E-state index in [0.29, 0.717) is 12.0 Å². The van der Waals surface area contributed by atoms with Gasteiger partial charge in [-0.1, -0.05) is 49.9 Å². The summed E-state index contributed by atoms with van der Waals surface area (Å²) in [6.45, 7) is 6.61. The van der Waals surface area contributed by atoms with Crippen molar-refractivity contribution in [1.82, 2.24) is 0 Å². The standard InChI is InChI=1S/C16H23Cl2N/c1-10(2)12-6-4-5-7-15(12)19-16-9-13(17)11(3)8-14(16)18/h8-10,12,15,19H,4-7H2,1-3H3. The fraction of sp³-hybridized carbons (Fsp3) is 0.625. The van der Waals surface area contributed by atoms with Crippen LogP contribution < -0.4 is 5.32 Å². The predicted octanol–water partition coefficient (Wildman–Crippen LogP) is 5.93. The van der Waals surface area contributed by atoms with Gasteiger partial charge in [-0.2, -0.15) is 0 Å². The Bertz CT molecular complexity index is 443. The maximum Gasteiger partial charge on any atom is 0.0641 e. The summed E-state index contributed by atoms with van der Waals surface area (Å²) >= 11 is 12.5. The Morgan fingerprint density at radius 2 is 1.79 bits per heavy atom. The third kappa shape index (κ3) is 3.58. The molecule has 1 aromatic rings. The van der Waals surface area contributed by atoms with Crippen LogP contribution in [0.15, 0.2) is 12.1 Å². The van der Waals surface area contributed by atoms with Gasteiger partial charge < -0.3 is 5.32 Å². The number of hydrogen-bond acceptors (Lipinski definition) is 1. The molecule has 0 aliphatic heterocycles. The first-order valence-electron chi connectivity index (χ1n) is 7.21. The van der Waals surface area contributed by atoms with Gasteiger partial charge in [0.25, 0.3) is 0 Å². The van der Waals surface area contributed by atoms with E-state index in [1.54, 1.807) is 0 Å². The summed E-state index contributed by atoms with van der Waals surface area (Å²) in [4.78, 5) is 0. The van der Waals surface area contributed by atoms with Gasteiger partial charge in [-0.3, -0.25) is 0 Å². The molecule has 2 unspecified atom stereocenters. The van der Waals surface area contributed by atoms with Crippen LogP contribution in [0.25, 0.3) is 0 Å². The van der Waals surface area contributed by atoms with Crippen LogP contribution in [0, 0.1) is 18.8 Å². The molecule has 19 heavy (non-hydrogen) atoms. The summed E-state index contributed by atoms with van der Waals surface area (Å²) in [5.41, 5.74) is 2.01. The van der Waals surface area contributed by atoms with Crippen molar-refractivity contribution in [3.05, 3.63) is 27.7 Å². The first-order chi connectivity index (χ1) is 8.99. The van der Waals surface area contributed by atoms with Gasteiger partial charge in [-0.05, 0) is 49.3 Å². The lowest BCUT2D eigenvalue weighted by molar-refractivity contribution is 0.254. The SMILES string of the molecule is Cc1cc(Cl)c(NC2CCCCC2C(C)C)cc1Cl. The first kappa shape index (κ1) is 15.0. The normalized spacial score (nSPS) is 23.7. The zero-order valence-electron chi connectivity index (χ0n) is 12.0. The smallest absolute Gasteiger partial charge is 0.0641 e. The van der Waals surface area contributed by atoms with Crippen molar-refractivity contribution in [2.45, 2.75) is 52.5 Å². The van der Waals surface area contributed by atoms with E-state index in [1.807, 2.05) is 19.1 Å². The molecule has 0 saturated heterocycles. The topological polar surface area (TPSA) is 12.0 Å². The molecule has 2 atom stereocenters. The highest BCUT2D eigenvalue weighted by Gasteiger charge is 2.27. The maximum absolute atomic E-state index is 6.33. The van der Waals surface area contributed by atoms with Crippen LogP contribution in [0.4, 0.5) is 5.69 Å². The molecule has 1 nitrogen and oxygen atoms in total. The summed E-state index contributed by atoms with van der Waals surface area (Å²) in [6.07, 6.45) is 5.19. The fourth-order valence-corrected chi connectivity index (χ4v) is 3.53. The van der Waals surface area contributed by atoms with Gasteiger partial charge in [0.05, 0.1) is 10.7 Å². The minimum absolute atomic E-state index is 0.519. The van der Waals surface area contributed by atoms with Crippen molar-refractivity contribution in [3.63, 3.8) is 0 Å². The van der Waals surface area contributed by atoms with Crippen LogP contribution in [-0.4, -0.2) is 6.04 Å². The Labute approximate surface area is 126 Å². The van der Waals surface area contributed by atoms with Crippen molar-refractivity contribution >= 4 is 28.9 Å². The van der Waals surface area contributed by atoms with E-state index in [2.05, 4.69) is 19.2 Å². The summed E-state index contributed by atoms with van der Waals surface area (Å²) in [7, 11) is 0. The molecule has 1 aromatic carbocycles. The van der Waals surface area contributed by atoms with Gasteiger partial charge in [-0.15, -0.1) is 0 Å². The van der Waals surface area contributed by atoms with E-state index in [-0.39, 0.29) is 0 Å². The van der Waals surface area contributed by atoms with Gasteiger partial charge in [-0.25, -0.2) is 0 Å². The minimum atomic E-state index is 0.519. The number of anilines is 1. The van der Waals surface area contributed by atoms with E-state index >= 15 is 0 Å². The molecular weight excluding hydrogens is 277 g/mol. The van der Waals surface area contributed by atoms with Gasteiger partial charge >= 0.3 is 0 Å². The van der Waals surface area contributed by atoms with Gasteiger partial charge in [0, 0.05) is 11.1 Å². The average molecular weight is 300 g/mol. The van der Waals surface area contributed by atoms with Crippen molar-refractivity contribution in [2.24, 2.45) is 11.8 Å². The average Bonchev–Trinajstić information content (AvgIpc) is 2.36. The number of halogens is 2. The van der Waals surface area contributed by atoms with Crippen LogP contribution in [-0.2, 0) is 0 Å². The van der Waals surface area contributed by atoms with Crippen LogP contribution >= 0.6 is 23.2 Å². The Morgan fingerprint density at radius 1 is 1.11 bits per heavy atom. The van der Waals surface area contributed by atoms with Crippen LogP contribution in [0.5, 0.6) is 0 Å². The van der Waals surface area contributed by atoms with E-state index in [0.717, 1.165) is 27.2 Å². The largest absolute Gasteiger partial charge is 0.381 e. The molecule has 1 aliphatic rings. The monoisotopic (exact) mass is 299 g/mol. The van der Waals surface area contributed by atoms with Crippen molar-refractivity contribution in [2.75, 3.05) is 5.32 Å². The summed E-state index contributed by atoms with van der Waals surface area (Å²) in [5.74, 6) is 1.43. The molecule has 0 aromatic heterocycles. The Morgan fingerprint density at radius 3 is 2.47 bits per heavy atom. The number of nitrogens with one attached hydrogen (secondary N) is 1. The second-order valence-electron chi connectivity index (χ2n) is 6.02. The molecule has 3 heteroatoms. The van der Waals surface area contributed by atoms with Crippen molar-refractivity contribution in [1.29, 1.82) is 0 Å². The Balaban J connectivity index is 2.17. The van der Waals surface area contributed by atoms with Gasteiger partial charge in [0.2, 0.25) is 0 Å². The molecule has 0 heterocycles. The third-order valence-electron chi connectivity index (χ3n) is 4.26. The molecule has 2 rings (SSSR count). The van der Waals surface area contributed by atoms with Crippen LogP contribution in [0.2, 0.25) is 10.0 Å². The lowest BCUT2D eigenvalue weighted by Crippen LogP contribution is -2.35. The number of aryl methyl sites for hydroxylation is 1. The second-order valence-corrected chi connectivity index (χ2v) is 6.84. The third-order valence-corrected chi connectivity index (χ3v) is 4.98. The minimum Gasteiger partial charge on any atom is -0.381 e. The summed E-state index contributed by atoms with van der Waals surface area (Å²) in [6, 6.07) is 4.43. The highest BCUT2D eigenvalue weighted by Crippen LogP contribution is 2.35. The molecular formula is C16H23Cl2N. The van der Waals surface area contributed by atoms with Gasteiger partial charge in [0.1, 0.15) is 0 Å². The van der Waals surface area contributed by atoms with E-state index in [1.165, 1.54) is 25.7 Å². The van der Waals surface area contributed by atoms with Gasteiger partial charge in [0.15, 0.2) is 0 Å². The van der Waals surface area contributed by atoms with Crippen LogP contribution in [0.1, 0.15) is 45.1 Å². The van der Waals surface area contributed by atoms with Crippen LogP contribution in [0.3, 0.4) is 0 Å². The Kier molecular flexibility index (Phi) is 5.03. The number of rotatable bonds is 3. The van der Waals surface area contributed by atoms with Crippen molar-refractivity contribution in [3.8, 4) is 0 Å². The van der Waals surface area contributed by atoms with E-state index in [4.69, 9.17) is 23.2 Å². The lowest BCUT2D eigenvalue weighted by Gasteiger charge is -2.35. The zero-order valence-corrected chi connectivity index (χ0v) is 13.5. The highest BCUT2D eigenvalue weighted by molar-refractivity contribution is 6.35. The summed E-state index contributed by atoms with van der Waals surface area (Å²) < 4.78 is 0. The molecule has 106 valence electrons. The maximum atomic E-state index is 6.33. The quantitative estimate of drug-likeness (QED) is 0.729. The highest BCUT2D eigenvalue weighted by atomic mass is 35.5. The number of hydrogen-bond donors (Lipinski definition) is 1. The number of benzene rings is 1. The van der Waals surface area contributed by atoms with Crippen molar-refractivity contribution < 1.29 is 0 Å². The summed E-state index contributed by atoms with van der Waals surface area (Å²) in [5, 5.41) is 5.19. The molecule has 0 spiro atoms. The first-order valence-corrected chi connectivity index (χ1v) is 7.97. The molecule has 0 radical (unpaired) electrons. The molecule has 0 bridgehead atoms. The molecule has 1 fully saturated rings. The molecule has 1 saturated carbocycles. The van der Waals surface area contributed by atoms with E-state index in [9.17, 15) is 0 Å². The molecule has 1 aliphatic carbocycles. The van der Waals surface area contributed by atoms with E-state index < -0.39 is 0 Å².